The fourth-order valence-electron chi connectivity index (χ4n) is 5.32. The summed E-state index contributed by atoms with van der Waals surface area (Å²) in [6.07, 6.45) is 0.0834. The number of rotatable bonds is 8. The highest BCUT2D eigenvalue weighted by molar-refractivity contribution is 7.17. The zero-order valence-corrected chi connectivity index (χ0v) is 25.2. The minimum atomic E-state index is -0.458. The molecular weight excluding hydrogens is 588 g/mol. The van der Waals surface area contributed by atoms with Crippen molar-refractivity contribution in [2.45, 2.75) is 26.8 Å². The van der Waals surface area contributed by atoms with E-state index in [9.17, 15) is 19.2 Å². The van der Waals surface area contributed by atoms with Gasteiger partial charge in [-0.3, -0.25) is 24.6 Å². The normalized spacial score (nSPS) is 16.5. The van der Waals surface area contributed by atoms with Gasteiger partial charge in [-0.25, -0.2) is 9.78 Å². The summed E-state index contributed by atoms with van der Waals surface area (Å²) in [6.45, 7) is 7.16. The number of fused-ring (bicyclic) bond motifs is 1. The third-order valence-corrected chi connectivity index (χ3v) is 8.55. The third-order valence-electron chi connectivity index (χ3n) is 7.50. The van der Waals surface area contributed by atoms with E-state index < -0.39 is 5.97 Å². The average Bonchev–Trinajstić information content (AvgIpc) is 3.55. The van der Waals surface area contributed by atoms with Crippen LogP contribution < -0.4 is 20.4 Å². The number of benzene rings is 1. The first-order chi connectivity index (χ1) is 21.3. The molecule has 3 amide bonds. The molecule has 1 aromatic carbocycles. The second-order valence-electron chi connectivity index (χ2n) is 10.5. The second-order valence-corrected chi connectivity index (χ2v) is 11.5. The Kier molecular flexibility index (Phi) is 8.39. The maximum atomic E-state index is 13.4. The predicted octanol–water partition coefficient (Wildman–Crippen LogP) is 1.66. The van der Waals surface area contributed by atoms with Crippen LogP contribution in [0.5, 0.6) is 0 Å². The Bertz CT molecular complexity index is 1600. The Morgan fingerprint density at radius 3 is 2.55 bits per heavy atom. The molecule has 0 spiro atoms. The molecule has 0 aliphatic carbocycles. The summed E-state index contributed by atoms with van der Waals surface area (Å²) < 4.78 is 10.5. The van der Waals surface area contributed by atoms with E-state index in [4.69, 9.17) is 19.4 Å². The molecule has 44 heavy (non-hydrogen) atoms. The number of aryl methyl sites for hydroxylation is 1. The summed E-state index contributed by atoms with van der Waals surface area (Å²) >= 11 is 1.12. The van der Waals surface area contributed by atoms with Gasteiger partial charge in [-0.15, -0.1) is 0 Å². The van der Waals surface area contributed by atoms with Crippen LogP contribution in [0.4, 0.5) is 22.7 Å². The smallest absolute Gasteiger partial charge is 0.350 e. The topological polar surface area (TPSA) is 159 Å². The molecule has 15 heteroatoms. The highest BCUT2D eigenvalue weighted by atomic mass is 32.1. The number of carbonyl (C=O) groups excluding carboxylic acids is 4. The highest BCUT2D eigenvalue weighted by Gasteiger charge is 2.35. The van der Waals surface area contributed by atoms with Crippen LogP contribution in [0.25, 0.3) is 0 Å². The van der Waals surface area contributed by atoms with Crippen LogP contribution in [0.2, 0.25) is 0 Å². The van der Waals surface area contributed by atoms with Crippen molar-refractivity contribution in [3.8, 4) is 0 Å². The number of esters is 1. The summed E-state index contributed by atoms with van der Waals surface area (Å²) in [5.41, 5.74) is 2.55. The van der Waals surface area contributed by atoms with Gasteiger partial charge >= 0.3 is 5.97 Å². The van der Waals surface area contributed by atoms with Crippen LogP contribution in [-0.2, 0) is 32.0 Å². The van der Waals surface area contributed by atoms with E-state index in [1.807, 2.05) is 17.0 Å². The number of aromatic nitrogens is 3. The number of anilines is 4. The van der Waals surface area contributed by atoms with Gasteiger partial charge in [0.2, 0.25) is 17.8 Å². The Balaban J connectivity index is 1.29. The van der Waals surface area contributed by atoms with Crippen molar-refractivity contribution in [2.75, 3.05) is 67.7 Å². The number of nitrogens with zero attached hydrogens (tertiary/aromatic N) is 6. The number of ether oxygens (including phenoxy) is 2. The number of morpholine rings is 1. The molecule has 0 unspecified atom stereocenters. The van der Waals surface area contributed by atoms with Crippen molar-refractivity contribution < 1.29 is 28.7 Å². The lowest BCUT2D eigenvalue weighted by Crippen LogP contribution is -2.48. The highest BCUT2D eigenvalue weighted by Crippen LogP contribution is 2.37. The predicted molar refractivity (Wildman–Crippen MR) is 161 cm³/mol. The van der Waals surface area contributed by atoms with Crippen molar-refractivity contribution in [2.24, 2.45) is 0 Å². The quantitative estimate of drug-likeness (QED) is 0.353. The van der Waals surface area contributed by atoms with Crippen LogP contribution in [0.1, 0.15) is 43.8 Å². The van der Waals surface area contributed by atoms with E-state index in [1.165, 1.54) is 0 Å². The van der Waals surface area contributed by atoms with Gasteiger partial charge in [-0.05, 0) is 31.5 Å². The first-order valence-corrected chi connectivity index (χ1v) is 15.2. The molecule has 3 aliphatic heterocycles. The van der Waals surface area contributed by atoms with Crippen molar-refractivity contribution >= 4 is 57.7 Å². The zero-order valence-electron chi connectivity index (χ0n) is 24.4. The van der Waals surface area contributed by atoms with E-state index in [0.29, 0.717) is 77.9 Å². The Hall–Kier alpha value is -4.63. The SMILES string of the molecule is CCOC(=O)c1sc(Nc2nc(N3CCNC(=O)C3)c3c(n2)N(Cc2ccc(C(=O)N4CCOCC4)cc2)C(=O)C3)nc1C. The van der Waals surface area contributed by atoms with E-state index in [0.717, 1.165) is 16.9 Å². The maximum absolute atomic E-state index is 13.4. The van der Waals surface area contributed by atoms with Crippen LogP contribution in [0.3, 0.4) is 0 Å². The molecule has 0 radical (unpaired) electrons. The number of amides is 3. The number of carbonyl (C=O) groups is 4. The summed E-state index contributed by atoms with van der Waals surface area (Å²) in [5, 5.41) is 6.30. The minimum absolute atomic E-state index is 0.0513. The van der Waals surface area contributed by atoms with Crippen molar-refractivity contribution in [1.82, 2.24) is 25.2 Å². The zero-order chi connectivity index (χ0) is 30.8. The molecule has 2 saturated heterocycles. The Morgan fingerprint density at radius 2 is 1.82 bits per heavy atom. The number of piperazine rings is 1. The molecule has 0 saturated carbocycles. The lowest BCUT2D eigenvalue weighted by atomic mass is 10.1. The standard InChI is InChI=1S/C29H32N8O6S/c1-3-43-27(41)23-17(2)31-29(44-23)34-28-32-24(36-9-8-30-21(38)16-36)20-14-22(39)37(25(20)33-28)15-18-4-6-19(7-5-18)26(40)35-10-12-42-13-11-35/h4-7H,3,8-16H2,1-2H3,(H,30,38)(H,31,32,33,34). The summed E-state index contributed by atoms with van der Waals surface area (Å²) in [5.74, 6) is 0.303. The molecule has 2 fully saturated rings. The first kappa shape index (κ1) is 29.4. The number of nitrogens with one attached hydrogen (secondary N) is 2. The maximum Gasteiger partial charge on any atom is 0.350 e. The van der Waals surface area contributed by atoms with E-state index in [2.05, 4.69) is 15.6 Å². The molecule has 6 rings (SSSR count). The monoisotopic (exact) mass is 620 g/mol. The van der Waals surface area contributed by atoms with E-state index in [1.54, 1.807) is 35.8 Å². The molecule has 3 aliphatic rings. The van der Waals surface area contributed by atoms with Crippen molar-refractivity contribution in [3.05, 3.63) is 51.5 Å². The van der Waals surface area contributed by atoms with Gasteiger partial charge in [0, 0.05) is 37.3 Å². The molecule has 3 aromatic rings. The summed E-state index contributed by atoms with van der Waals surface area (Å²) in [6, 6.07) is 7.21. The number of hydrogen-bond acceptors (Lipinski definition) is 12. The summed E-state index contributed by atoms with van der Waals surface area (Å²) in [7, 11) is 0. The molecule has 5 heterocycles. The van der Waals surface area contributed by atoms with Crippen LogP contribution in [-0.4, -0.2) is 96.1 Å². The molecule has 0 bridgehead atoms. The van der Waals surface area contributed by atoms with Gasteiger partial charge in [0.05, 0.1) is 45.0 Å². The lowest BCUT2D eigenvalue weighted by molar-refractivity contribution is -0.120. The number of thiazole rings is 1. The van der Waals surface area contributed by atoms with Crippen LogP contribution >= 0.6 is 11.3 Å². The fraction of sp³-hybridized carbons (Fsp3) is 0.414. The minimum Gasteiger partial charge on any atom is -0.462 e. The molecule has 0 atom stereocenters. The average molecular weight is 621 g/mol. The second kappa shape index (κ2) is 12.5. The Morgan fingerprint density at radius 1 is 1.07 bits per heavy atom. The van der Waals surface area contributed by atoms with Gasteiger partial charge in [0.25, 0.3) is 5.91 Å². The van der Waals surface area contributed by atoms with Crippen LogP contribution in [0.15, 0.2) is 24.3 Å². The summed E-state index contributed by atoms with van der Waals surface area (Å²) in [4.78, 5) is 70.3. The molecule has 14 nitrogen and oxygen atoms in total. The van der Waals surface area contributed by atoms with Gasteiger partial charge in [-0.1, -0.05) is 23.5 Å². The van der Waals surface area contributed by atoms with E-state index >= 15 is 0 Å². The first-order valence-electron chi connectivity index (χ1n) is 14.4. The number of hydrogen-bond donors (Lipinski definition) is 2. The van der Waals surface area contributed by atoms with Gasteiger partial charge in [-0.2, -0.15) is 9.97 Å². The largest absolute Gasteiger partial charge is 0.462 e. The Labute approximate surface area is 257 Å². The molecule has 2 aromatic heterocycles. The van der Waals surface area contributed by atoms with Gasteiger partial charge in [0.1, 0.15) is 16.5 Å². The third kappa shape index (κ3) is 6.05. The van der Waals surface area contributed by atoms with Crippen molar-refractivity contribution in [3.63, 3.8) is 0 Å². The molecule has 2 N–H and O–H groups in total. The molecule has 230 valence electrons. The molecular formula is C29H32N8O6S. The van der Waals surface area contributed by atoms with Gasteiger partial charge < -0.3 is 24.6 Å². The van der Waals surface area contributed by atoms with E-state index in [-0.39, 0.29) is 49.8 Å². The lowest BCUT2D eigenvalue weighted by Gasteiger charge is -2.29. The fourth-order valence-corrected chi connectivity index (χ4v) is 6.18. The van der Waals surface area contributed by atoms with Gasteiger partial charge in [0.15, 0.2) is 5.13 Å². The van der Waals surface area contributed by atoms with Crippen LogP contribution in [0, 0.1) is 6.92 Å². The van der Waals surface area contributed by atoms with Crippen molar-refractivity contribution in [1.29, 1.82) is 0 Å².